The molecule has 1 aromatic carbocycles. The van der Waals surface area contributed by atoms with Crippen LogP contribution in [0.15, 0.2) is 48.8 Å². The van der Waals surface area contributed by atoms with E-state index in [1.54, 1.807) is 13.3 Å². The molecular weight excluding hydrogens is 466 g/mol. The number of imidazole rings is 1. The average Bonchev–Trinajstić information content (AvgIpc) is 3.31. The van der Waals surface area contributed by atoms with Gasteiger partial charge in [0.25, 0.3) is 0 Å². The number of hydrogen-bond donors (Lipinski definition) is 2. The number of nitrogens with one attached hydrogen (secondary N) is 2. The van der Waals surface area contributed by atoms with Crippen molar-refractivity contribution in [3.8, 4) is 22.8 Å². The van der Waals surface area contributed by atoms with Crippen molar-refractivity contribution in [1.29, 1.82) is 0 Å². The molecule has 4 heterocycles. The second-order valence-corrected chi connectivity index (χ2v) is 9.97. The number of benzene rings is 1. The summed E-state index contributed by atoms with van der Waals surface area (Å²) in [6.45, 7) is 10.1. The molecule has 0 atom stereocenters. The maximum Gasteiger partial charge on any atom is 0.213 e. The summed E-state index contributed by atoms with van der Waals surface area (Å²) in [5.41, 5.74) is 4.79. The average molecular weight is 502 g/mol. The Morgan fingerprint density at radius 1 is 1.03 bits per heavy atom. The molecule has 0 saturated carbocycles. The summed E-state index contributed by atoms with van der Waals surface area (Å²) in [7, 11) is 3.79. The molecule has 0 bridgehead atoms. The van der Waals surface area contributed by atoms with E-state index < -0.39 is 0 Å². The lowest BCUT2D eigenvalue weighted by Crippen LogP contribution is -2.43. The number of pyridine rings is 2. The van der Waals surface area contributed by atoms with Crippen molar-refractivity contribution in [3.63, 3.8) is 0 Å². The highest BCUT2D eigenvalue weighted by Gasteiger charge is 2.18. The molecule has 194 valence electrons. The Morgan fingerprint density at radius 3 is 2.62 bits per heavy atom. The van der Waals surface area contributed by atoms with Gasteiger partial charge in [0, 0.05) is 56.7 Å². The Bertz CT molecular complexity index is 1350. The number of fused-ring (bicyclic) bond motifs is 1. The van der Waals surface area contributed by atoms with Crippen LogP contribution in [0.5, 0.6) is 11.6 Å². The molecule has 4 aromatic rings. The molecule has 0 spiro atoms. The van der Waals surface area contributed by atoms with Crippen molar-refractivity contribution >= 4 is 22.8 Å². The highest BCUT2D eigenvalue weighted by molar-refractivity contribution is 5.92. The van der Waals surface area contributed by atoms with Gasteiger partial charge in [-0.1, -0.05) is 13.8 Å². The normalized spacial score (nSPS) is 14.8. The summed E-state index contributed by atoms with van der Waals surface area (Å²) in [6, 6.07) is 12.1. The minimum Gasteiger partial charge on any atom is -0.490 e. The number of aromatic nitrogens is 4. The summed E-state index contributed by atoms with van der Waals surface area (Å²) in [6.07, 6.45) is 3.59. The van der Waals surface area contributed by atoms with Gasteiger partial charge in [-0.05, 0) is 54.4 Å². The van der Waals surface area contributed by atoms with Gasteiger partial charge in [0.2, 0.25) is 11.8 Å². The number of likely N-dealkylation sites (N-methyl/N-ethyl adjacent to an activating group) is 1. The highest BCUT2D eigenvalue weighted by Crippen LogP contribution is 2.38. The van der Waals surface area contributed by atoms with Gasteiger partial charge >= 0.3 is 0 Å². The summed E-state index contributed by atoms with van der Waals surface area (Å²) < 4.78 is 11.7. The van der Waals surface area contributed by atoms with Gasteiger partial charge in [-0.2, -0.15) is 0 Å². The fourth-order valence-electron chi connectivity index (χ4n) is 4.45. The lowest BCUT2D eigenvalue weighted by molar-refractivity contribution is 0.148. The summed E-state index contributed by atoms with van der Waals surface area (Å²) in [4.78, 5) is 21.9. The molecule has 0 aliphatic carbocycles. The molecule has 9 nitrogen and oxygen atoms in total. The smallest absolute Gasteiger partial charge is 0.213 e. The van der Waals surface area contributed by atoms with Crippen LogP contribution in [0.2, 0.25) is 0 Å². The van der Waals surface area contributed by atoms with Gasteiger partial charge in [-0.3, -0.25) is 4.90 Å². The number of aromatic amines is 1. The van der Waals surface area contributed by atoms with Gasteiger partial charge in [0.05, 0.1) is 19.2 Å². The van der Waals surface area contributed by atoms with Gasteiger partial charge in [-0.25, -0.2) is 15.0 Å². The Morgan fingerprint density at radius 2 is 1.84 bits per heavy atom. The maximum atomic E-state index is 6.32. The molecule has 3 aromatic heterocycles. The van der Waals surface area contributed by atoms with Gasteiger partial charge in [0.15, 0.2) is 5.75 Å². The predicted molar refractivity (Wildman–Crippen MR) is 147 cm³/mol. The molecule has 37 heavy (non-hydrogen) atoms. The standard InChI is InChI=1S/C28H35N7O2/c1-19(2)18-37-27-22(21-8-10-30-25(16-21)36-4)5-6-23-26(27)33-28(31-23)32-24-15-20(7-9-29-24)17-35-13-11-34(3)12-14-35/h5-10,15-16,19H,11-14,17-18H2,1-4H3,(H2,29,31,32,33). The maximum absolute atomic E-state index is 6.32. The van der Waals surface area contributed by atoms with Crippen LogP contribution in [0.4, 0.5) is 11.8 Å². The monoisotopic (exact) mass is 501 g/mol. The zero-order chi connectivity index (χ0) is 25.8. The Balaban J connectivity index is 1.42. The first-order valence-electron chi connectivity index (χ1n) is 12.8. The SMILES string of the molecule is COc1cc(-c2ccc3[nH]c(Nc4cc(CN5CCN(C)CC5)ccn4)nc3c2OCC(C)C)ccn1. The fourth-order valence-corrected chi connectivity index (χ4v) is 4.45. The lowest BCUT2D eigenvalue weighted by atomic mass is 10.0. The van der Waals surface area contributed by atoms with E-state index in [4.69, 9.17) is 14.5 Å². The van der Waals surface area contributed by atoms with Crippen LogP contribution in [0.25, 0.3) is 22.2 Å². The van der Waals surface area contributed by atoms with Crippen LogP contribution in [0, 0.1) is 5.92 Å². The minimum atomic E-state index is 0.374. The number of rotatable bonds is 9. The molecule has 5 rings (SSSR count). The first-order chi connectivity index (χ1) is 18.0. The summed E-state index contributed by atoms with van der Waals surface area (Å²) in [5, 5.41) is 3.36. The van der Waals surface area contributed by atoms with Crippen LogP contribution < -0.4 is 14.8 Å². The molecule has 1 aliphatic rings. The molecule has 0 amide bonds. The van der Waals surface area contributed by atoms with Crippen molar-refractivity contribution in [1.82, 2.24) is 29.7 Å². The molecule has 1 saturated heterocycles. The minimum absolute atomic E-state index is 0.374. The quantitative estimate of drug-likeness (QED) is 0.345. The number of H-pyrrole nitrogens is 1. The van der Waals surface area contributed by atoms with Crippen LogP contribution >= 0.6 is 0 Å². The van der Waals surface area contributed by atoms with E-state index in [-0.39, 0.29) is 0 Å². The van der Waals surface area contributed by atoms with E-state index in [9.17, 15) is 0 Å². The van der Waals surface area contributed by atoms with Crippen LogP contribution in [-0.2, 0) is 6.54 Å². The van der Waals surface area contributed by atoms with E-state index in [0.717, 1.165) is 66.5 Å². The number of anilines is 2. The van der Waals surface area contributed by atoms with Crippen molar-refractivity contribution in [2.75, 3.05) is 52.3 Å². The predicted octanol–water partition coefficient (Wildman–Crippen LogP) is 4.55. The fraction of sp³-hybridized carbons (Fsp3) is 0.393. The number of ether oxygens (including phenoxy) is 2. The molecule has 2 N–H and O–H groups in total. The van der Waals surface area contributed by atoms with Crippen molar-refractivity contribution in [2.24, 2.45) is 5.92 Å². The van der Waals surface area contributed by atoms with E-state index >= 15 is 0 Å². The molecule has 9 heteroatoms. The third-order valence-electron chi connectivity index (χ3n) is 6.50. The van der Waals surface area contributed by atoms with E-state index in [1.807, 2.05) is 30.5 Å². The van der Waals surface area contributed by atoms with E-state index in [0.29, 0.717) is 24.4 Å². The van der Waals surface area contributed by atoms with E-state index in [2.05, 4.69) is 63.1 Å². The number of hydrogen-bond acceptors (Lipinski definition) is 8. The van der Waals surface area contributed by atoms with Crippen LogP contribution in [0.1, 0.15) is 19.4 Å². The van der Waals surface area contributed by atoms with Gasteiger partial charge in [-0.15, -0.1) is 0 Å². The topological polar surface area (TPSA) is 91.4 Å². The van der Waals surface area contributed by atoms with E-state index in [1.165, 1.54) is 5.56 Å². The first kappa shape index (κ1) is 25.0. The van der Waals surface area contributed by atoms with Crippen molar-refractivity contribution in [3.05, 3.63) is 54.4 Å². The first-order valence-corrected chi connectivity index (χ1v) is 12.8. The number of nitrogens with zero attached hydrogens (tertiary/aromatic N) is 5. The van der Waals surface area contributed by atoms with Crippen molar-refractivity contribution in [2.45, 2.75) is 20.4 Å². The Labute approximate surface area is 217 Å². The van der Waals surface area contributed by atoms with Gasteiger partial charge < -0.3 is 24.7 Å². The Hall–Kier alpha value is -3.69. The molecule has 0 radical (unpaired) electrons. The summed E-state index contributed by atoms with van der Waals surface area (Å²) >= 11 is 0. The lowest BCUT2D eigenvalue weighted by Gasteiger charge is -2.32. The molecule has 0 unspecified atom stereocenters. The molecule has 1 aliphatic heterocycles. The zero-order valence-corrected chi connectivity index (χ0v) is 22.0. The van der Waals surface area contributed by atoms with Crippen LogP contribution in [-0.4, -0.2) is 76.7 Å². The number of methoxy groups -OCH3 is 1. The molecular formula is C28H35N7O2. The third kappa shape index (κ3) is 6.00. The summed E-state index contributed by atoms with van der Waals surface area (Å²) in [5.74, 6) is 3.05. The largest absolute Gasteiger partial charge is 0.490 e. The Kier molecular flexibility index (Phi) is 7.52. The molecule has 1 fully saturated rings. The number of piperazine rings is 1. The van der Waals surface area contributed by atoms with Crippen molar-refractivity contribution < 1.29 is 9.47 Å². The zero-order valence-electron chi connectivity index (χ0n) is 22.0. The van der Waals surface area contributed by atoms with Crippen LogP contribution in [0.3, 0.4) is 0 Å². The third-order valence-corrected chi connectivity index (χ3v) is 6.50. The second-order valence-electron chi connectivity index (χ2n) is 9.97. The highest BCUT2D eigenvalue weighted by atomic mass is 16.5. The second kappa shape index (κ2) is 11.1. The van der Waals surface area contributed by atoms with Gasteiger partial charge in [0.1, 0.15) is 11.3 Å².